The molecule has 0 bridgehead atoms. The van der Waals surface area contributed by atoms with Gasteiger partial charge in [0.1, 0.15) is 12.4 Å². The Morgan fingerprint density at radius 3 is 2.67 bits per heavy atom. The number of nitrogens with one attached hydrogen (secondary N) is 2. The van der Waals surface area contributed by atoms with Gasteiger partial charge in [-0.1, -0.05) is 35.9 Å². The molecule has 158 valence electrons. The van der Waals surface area contributed by atoms with Crippen molar-refractivity contribution in [3.05, 3.63) is 64.9 Å². The smallest absolute Gasteiger partial charge is 0.253 e. The lowest BCUT2D eigenvalue weighted by Crippen LogP contribution is -2.32. The second-order valence-electron chi connectivity index (χ2n) is 6.92. The number of hydrogen-bond acceptors (Lipinski definition) is 4. The van der Waals surface area contributed by atoms with Gasteiger partial charge < -0.3 is 19.9 Å². The Morgan fingerprint density at radius 1 is 1.17 bits per heavy atom. The molecule has 2 amide bonds. The van der Waals surface area contributed by atoms with E-state index in [0.717, 1.165) is 17.5 Å². The van der Waals surface area contributed by atoms with Gasteiger partial charge in [0.2, 0.25) is 5.91 Å². The molecule has 1 aromatic heterocycles. The standard InChI is InChI=1S/C22H25ClN4O3/c1-15(25-22(29)16-8-3-4-9-17(16)23)21-26-18-10-5-6-11-19(18)27(21)14-20(28)24-12-7-13-30-2/h3-6,8-11,15H,7,12-14H2,1-2H3,(H,24,28)(H,25,29). The molecule has 3 aromatic rings. The molecule has 2 aromatic carbocycles. The first-order valence-electron chi connectivity index (χ1n) is 9.77. The van der Waals surface area contributed by atoms with Crippen LogP contribution in [-0.2, 0) is 16.1 Å². The van der Waals surface area contributed by atoms with Crippen molar-refractivity contribution < 1.29 is 14.3 Å². The summed E-state index contributed by atoms with van der Waals surface area (Å²) in [5.41, 5.74) is 1.99. The summed E-state index contributed by atoms with van der Waals surface area (Å²) in [6, 6.07) is 14.0. The van der Waals surface area contributed by atoms with Gasteiger partial charge in [-0.2, -0.15) is 0 Å². The molecule has 8 heteroatoms. The van der Waals surface area contributed by atoms with Crippen molar-refractivity contribution in [3.8, 4) is 0 Å². The topological polar surface area (TPSA) is 85.2 Å². The molecule has 2 N–H and O–H groups in total. The van der Waals surface area contributed by atoms with Crippen molar-refractivity contribution in [2.45, 2.75) is 25.9 Å². The monoisotopic (exact) mass is 428 g/mol. The van der Waals surface area contributed by atoms with E-state index in [2.05, 4.69) is 15.6 Å². The molecule has 0 spiro atoms. The number of fused-ring (bicyclic) bond motifs is 1. The second kappa shape index (κ2) is 10.2. The lowest BCUT2D eigenvalue weighted by molar-refractivity contribution is -0.121. The van der Waals surface area contributed by atoms with Crippen LogP contribution in [0.25, 0.3) is 11.0 Å². The number of imidazole rings is 1. The molecular weight excluding hydrogens is 404 g/mol. The molecule has 7 nitrogen and oxygen atoms in total. The number of halogens is 1. The number of nitrogens with zero attached hydrogens (tertiary/aromatic N) is 2. The van der Waals surface area contributed by atoms with Crippen molar-refractivity contribution in [3.63, 3.8) is 0 Å². The van der Waals surface area contributed by atoms with Gasteiger partial charge in [-0.25, -0.2) is 4.98 Å². The molecule has 3 rings (SSSR count). The van der Waals surface area contributed by atoms with E-state index in [1.54, 1.807) is 31.4 Å². The Morgan fingerprint density at radius 2 is 1.90 bits per heavy atom. The first-order chi connectivity index (χ1) is 14.5. The number of benzene rings is 2. The van der Waals surface area contributed by atoms with E-state index >= 15 is 0 Å². The van der Waals surface area contributed by atoms with Crippen molar-refractivity contribution in [1.29, 1.82) is 0 Å². The number of hydrogen-bond donors (Lipinski definition) is 2. The predicted molar refractivity (Wildman–Crippen MR) is 117 cm³/mol. The number of rotatable bonds is 9. The molecule has 0 aliphatic carbocycles. The van der Waals surface area contributed by atoms with E-state index in [1.165, 1.54) is 0 Å². The average molecular weight is 429 g/mol. The lowest BCUT2D eigenvalue weighted by atomic mass is 10.2. The van der Waals surface area contributed by atoms with Crippen LogP contribution in [0.5, 0.6) is 0 Å². The number of ether oxygens (including phenoxy) is 1. The van der Waals surface area contributed by atoms with Gasteiger partial charge in [0.05, 0.1) is 27.7 Å². The number of aromatic nitrogens is 2. The van der Waals surface area contributed by atoms with Crippen LogP contribution in [0.2, 0.25) is 5.02 Å². The Kier molecular flexibility index (Phi) is 7.43. The zero-order valence-electron chi connectivity index (χ0n) is 17.0. The molecule has 1 atom stereocenters. The molecule has 0 radical (unpaired) electrons. The van der Waals surface area contributed by atoms with Crippen molar-refractivity contribution in [1.82, 2.24) is 20.2 Å². The average Bonchev–Trinajstić information content (AvgIpc) is 3.10. The molecule has 0 fully saturated rings. The van der Waals surface area contributed by atoms with Crippen LogP contribution < -0.4 is 10.6 Å². The molecule has 1 heterocycles. The second-order valence-corrected chi connectivity index (χ2v) is 7.32. The van der Waals surface area contributed by atoms with Gasteiger partial charge in [0.25, 0.3) is 5.91 Å². The van der Waals surface area contributed by atoms with Crippen molar-refractivity contribution in [2.24, 2.45) is 0 Å². The van der Waals surface area contributed by atoms with Crippen LogP contribution in [0.15, 0.2) is 48.5 Å². The minimum absolute atomic E-state index is 0.106. The highest BCUT2D eigenvalue weighted by Gasteiger charge is 2.21. The maximum Gasteiger partial charge on any atom is 0.253 e. The number of carbonyl (C=O) groups excluding carboxylic acids is 2. The van der Waals surface area contributed by atoms with Gasteiger partial charge >= 0.3 is 0 Å². The summed E-state index contributed by atoms with van der Waals surface area (Å²) in [5, 5.41) is 6.20. The van der Waals surface area contributed by atoms with E-state index < -0.39 is 6.04 Å². The van der Waals surface area contributed by atoms with Crippen LogP contribution in [0.1, 0.15) is 35.6 Å². The fourth-order valence-corrected chi connectivity index (χ4v) is 3.44. The number of carbonyl (C=O) groups is 2. The Bertz CT molecular complexity index is 1030. The summed E-state index contributed by atoms with van der Waals surface area (Å²) in [7, 11) is 1.63. The number of methoxy groups -OCH3 is 1. The largest absolute Gasteiger partial charge is 0.385 e. The molecule has 0 saturated heterocycles. The molecule has 30 heavy (non-hydrogen) atoms. The van der Waals surface area contributed by atoms with E-state index in [1.807, 2.05) is 35.8 Å². The predicted octanol–water partition coefficient (Wildman–Crippen LogP) is 3.33. The lowest BCUT2D eigenvalue weighted by Gasteiger charge is -2.17. The summed E-state index contributed by atoms with van der Waals surface area (Å²) < 4.78 is 6.84. The maximum atomic E-state index is 12.7. The Balaban J connectivity index is 1.80. The van der Waals surface area contributed by atoms with E-state index in [4.69, 9.17) is 16.3 Å². The van der Waals surface area contributed by atoms with Gasteiger partial charge in [-0.15, -0.1) is 0 Å². The highest BCUT2D eigenvalue weighted by molar-refractivity contribution is 6.33. The highest BCUT2D eigenvalue weighted by Crippen LogP contribution is 2.22. The molecular formula is C22H25ClN4O3. The van der Waals surface area contributed by atoms with Crippen LogP contribution in [0.4, 0.5) is 0 Å². The fraction of sp³-hybridized carbons (Fsp3) is 0.318. The van der Waals surface area contributed by atoms with E-state index in [9.17, 15) is 9.59 Å². The summed E-state index contributed by atoms with van der Waals surface area (Å²) >= 11 is 6.14. The van der Waals surface area contributed by atoms with Gasteiger partial charge in [0.15, 0.2) is 0 Å². The number of amides is 2. The van der Waals surface area contributed by atoms with Crippen LogP contribution in [-0.4, -0.2) is 41.6 Å². The molecule has 1 unspecified atom stereocenters. The third-order valence-electron chi connectivity index (χ3n) is 4.69. The first kappa shape index (κ1) is 21.8. The quantitative estimate of drug-likeness (QED) is 0.512. The minimum atomic E-state index is -0.428. The highest BCUT2D eigenvalue weighted by atomic mass is 35.5. The summed E-state index contributed by atoms with van der Waals surface area (Å²) in [5.74, 6) is 0.180. The minimum Gasteiger partial charge on any atom is -0.385 e. The first-order valence-corrected chi connectivity index (χ1v) is 10.1. The summed E-state index contributed by atoms with van der Waals surface area (Å²) in [6.45, 7) is 3.07. The zero-order chi connectivity index (χ0) is 21.5. The molecule has 0 saturated carbocycles. The Hall–Kier alpha value is -2.90. The fourth-order valence-electron chi connectivity index (χ4n) is 3.22. The van der Waals surface area contributed by atoms with Gasteiger partial charge in [0, 0.05) is 20.3 Å². The zero-order valence-corrected chi connectivity index (χ0v) is 17.8. The third kappa shape index (κ3) is 5.17. The van der Waals surface area contributed by atoms with Gasteiger partial charge in [-0.05, 0) is 37.6 Å². The van der Waals surface area contributed by atoms with Crippen molar-refractivity contribution in [2.75, 3.05) is 20.3 Å². The van der Waals surface area contributed by atoms with Crippen LogP contribution in [0, 0.1) is 0 Å². The molecule has 0 aliphatic heterocycles. The summed E-state index contributed by atoms with van der Waals surface area (Å²) in [6.07, 6.45) is 0.740. The van der Waals surface area contributed by atoms with E-state index in [-0.39, 0.29) is 18.4 Å². The summed E-state index contributed by atoms with van der Waals surface area (Å²) in [4.78, 5) is 29.8. The van der Waals surface area contributed by atoms with E-state index in [0.29, 0.717) is 29.6 Å². The van der Waals surface area contributed by atoms with Crippen LogP contribution in [0.3, 0.4) is 0 Å². The molecule has 0 aliphatic rings. The van der Waals surface area contributed by atoms with Crippen molar-refractivity contribution >= 4 is 34.4 Å². The maximum absolute atomic E-state index is 12.7. The normalized spacial score (nSPS) is 12.0. The SMILES string of the molecule is COCCCNC(=O)Cn1c(C(C)NC(=O)c2ccccc2Cl)nc2ccccc21. The van der Waals surface area contributed by atoms with Crippen LogP contribution >= 0.6 is 11.6 Å². The number of para-hydroxylation sites is 2. The Labute approximate surface area is 180 Å². The third-order valence-corrected chi connectivity index (χ3v) is 5.02. The van der Waals surface area contributed by atoms with Gasteiger partial charge in [-0.3, -0.25) is 9.59 Å².